The standard InChI is InChI=1S/C14H19NO2S/c1-9-4-5-13(18-9)11-7-12(11)14(17)15-6-2-3-10(16)8-15/h4-5,10-12,16H,2-3,6-8H2,1H3. The van der Waals surface area contributed by atoms with Gasteiger partial charge < -0.3 is 10.0 Å². The van der Waals surface area contributed by atoms with Crippen molar-refractivity contribution in [3.63, 3.8) is 0 Å². The van der Waals surface area contributed by atoms with Crippen molar-refractivity contribution >= 4 is 17.2 Å². The predicted octanol–water partition coefficient (Wildman–Crippen LogP) is 2.14. The monoisotopic (exact) mass is 265 g/mol. The number of thiophene rings is 1. The minimum atomic E-state index is -0.316. The van der Waals surface area contributed by atoms with Crippen LogP contribution in [0.1, 0.15) is 34.9 Å². The number of rotatable bonds is 2. The average Bonchev–Trinajstić information content (AvgIpc) is 3.04. The van der Waals surface area contributed by atoms with Crippen molar-refractivity contribution in [3.05, 3.63) is 21.9 Å². The highest BCUT2D eigenvalue weighted by atomic mass is 32.1. The van der Waals surface area contributed by atoms with Crippen molar-refractivity contribution in [1.82, 2.24) is 4.90 Å². The van der Waals surface area contributed by atoms with E-state index in [1.165, 1.54) is 9.75 Å². The molecule has 1 aromatic rings. The predicted molar refractivity (Wildman–Crippen MR) is 71.7 cm³/mol. The fourth-order valence-electron chi connectivity index (χ4n) is 2.82. The van der Waals surface area contributed by atoms with E-state index in [0.29, 0.717) is 12.5 Å². The second-order valence-corrected chi connectivity index (χ2v) is 6.80. The van der Waals surface area contributed by atoms with Crippen LogP contribution >= 0.6 is 11.3 Å². The van der Waals surface area contributed by atoms with Crippen molar-refractivity contribution in [3.8, 4) is 0 Å². The molecule has 98 valence electrons. The summed E-state index contributed by atoms with van der Waals surface area (Å²) in [6.45, 7) is 3.46. The van der Waals surface area contributed by atoms with Gasteiger partial charge in [-0.1, -0.05) is 0 Å². The van der Waals surface area contributed by atoms with Crippen LogP contribution in [0.2, 0.25) is 0 Å². The highest BCUT2D eigenvalue weighted by molar-refractivity contribution is 7.12. The molecule has 3 nitrogen and oxygen atoms in total. The second kappa shape index (κ2) is 4.67. The van der Waals surface area contributed by atoms with Crippen LogP contribution in [0.3, 0.4) is 0 Å². The zero-order valence-corrected chi connectivity index (χ0v) is 11.4. The number of nitrogens with zero attached hydrogens (tertiary/aromatic N) is 1. The summed E-state index contributed by atoms with van der Waals surface area (Å²) in [5.74, 6) is 0.869. The molecule has 18 heavy (non-hydrogen) atoms. The van der Waals surface area contributed by atoms with Crippen LogP contribution in [0.5, 0.6) is 0 Å². The summed E-state index contributed by atoms with van der Waals surface area (Å²) in [4.78, 5) is 16.8. The lowest BCUT2D eigenvalue weighted by Gasteiger charge is -2.30. The van der Waals surface area contributed by atoms with Crippen molar-refractivity contribution in [2.24, 2.45) is 5.92 Å². The smallest absolute Gasteiger partial charge is 0.226 e. The van der Waals surface area contributed by atoms with Crippen molar-refractivity contribution < 1.29 is 9.90 Å². The van der Waals surface area contributed by atoms with Crippen molar-refractivity contribution in [2.45, 2.75) is 38.2 Å². The third-order valence-electron chi connectivity index (χ3n) is 3.94. The fraction of sp³-hybridized carbons (Fsp3) is 0.643. The summed E-state index contributed by atoms with van der Waals surface area (Å²) in [6.07, 6.45) is 2.44. The number of likely N-dealkylation sites (tertiary alicyclic amines) is 1. The van der Waals surface area contributed by atoms with Gasteiger partial charge in [-0.2, -0.15) is 0 Å². The summed E-state index contributed by atoms with van der Waals surface area (Å²) >= 11 is 1.81. The molecule has 2 fully saturated rings. The van der Waals surface area contributed by atoms with Crippen LogP contribution in [0.25, 0.3) is 0 Å². The lowest BCUT2D eigenvalue weighted by Crippen LogP contribution is -2.43. The molecular weight excluding hydrogens is 246 g/mol. The third-order valence-corrected chi connectivity index (χ3v) is 5.08. The second-order valence-electron chi connectivity index (χ2n) is 5.48. The Morgan fingerprint density at radius 3 is 3.00 bits per heavy atom. The number of aryl methyl sites for hydroxylation is 1. The molecular formula is C14H19NO2S. The van der Waals surface area contributed by atoms with Gasteiger partial charge in [0.25, 0.3) is 0 Å². The lowest BCUT2D eigenvalue weighted by atomic mass is 10.1. The summed E-state index contributed by atoms with van der Waals surface area (Å²) in [7, 11) is 0. The molecule has 0 spiro atoms. The molecule has 2 aliphatic rings. The van der Waals surface area contributed by atoms with Crippen molar-refractivity contribution in [2.75, 3.05) is 13.1 Å². The summed E-state index contributed by atoms with van der Waals surface area (Å²) in [5.41, 5.74) is 0. The van der Waals surface area contributed by atoms with Gasteiger partial charge in [-0.25, -0.2) is 0 Å². The quantitative estimate of drug-likeness (QED) is 0.890. The maximum absolute atomic E-state index is 12.3. The van der Waals surface area contributed by atoms with E-state index in [-0.39, 0.29) is 17.9 Å². The van der Waals surface area contributed by atoms with Crippen LogP contribution < -0.4 is 0 Å². The van der Waals surface area contributed by atoms with Gasteiger partial charge in [0, 0.05) is 34.7 Å². The Balaban J connectivity index is 1.62. The molecule has 3 atom stereocenters. The third kappa shape index (κ3) is 2.31. The van der Waals surface area contributed by atoms with E-state index in [2.05, 4.69) is 19.1 Å². The molecule has 1 amide bonds. The molecule has 4 heteroatoms. The molecule has 2 heterocycles. The summed E-state index contributed by atoms with van der Waals surface area (Å²) < 4.78 is 0. The molecule has 0 aromatic carbocycles. The number of hydrogen-bond donors (Lipinski definition) is 1. The number of piperidine rings is 1. The molecule has 1 saturated heterocycles. The Bertz CT molecular complexity index is 456. The minimum absolute atomic E-state index is 0.174. The molecule has 1 aromatic heterocycles. The number of carbonyl (C=O) groups is 1. The van der Waals surface area contributed by atoms with Crippen LogP contribution in [-0.2, 0) is 4.79 Å². The van der Waals surface area contributed by atoms with E-state index >= 15 is 0 Å². The maximum Gasteiger partial charge on any atom is 0.226 e. The first-order chi connectivity index (χ1) is 8.65. The van der Waals surface area contributed by atoms with Gasteiger partial charge in [0.2, 0.25) is 5.91 Å². The van der Waals surface area contributed by atoms with Gasteiger partial charge in [0.05, 0.1) is 6.10 Å². The van der Waals surface area contributed by atoms with Crippen LogP contribution in [0, 0.1) is 12.8 Å². The minimum Gasteiger partial charge on any atom is -0.391 e. The van der Waals surface area contributed by atoms with Gasteiger partial charge in [-0.05, 0) is 38.3 Å². The zero-order chi connectivity index (χ0) is 12.7. The Labute approximate surface area is 111 Å². The normalized spacial score (nSPS) is 31.4. The average molecular weight is 265 g/mol. The Hall–Kier alpha value is -0.870. The van der Waals surface area contributed by atoms with Gasteiger partial charge in [-0.15, -0.1) is 11.3 Å². The number of β-amino-alcohol motifs (C(OH)–C–C–N with tert-alkyl or cyclic N) is 1. The topological polar surface area (TPSA) is 40.5 Å². The Morgan fingerprint density at radius 1 is 1.50 bits per heavy atom. The summed E-state index contributed by atoms with van der Waals surface area (Å²) in [5, 5.41) is 9.63. The first kappa shape index (κ1) is 12.2. The first-order valence-electron chi connectivity index (χ1n) is 6.68. The lowest BCUT2D eigenvalue weighted by molar-refractivity contribution is -0.135. The number of carbonyl (C=O) groups excluding carboxylic acids is 1. The number of aliphatic hydroxyl groups excluding tert-OH is 1. The summed E-state index contributed by atoms with van der Waals surface area (Å²) in [6, 6.07) is 4.29. The number of hydrogen-bond acceptors (Lipinski definition) is 3. The zero-order valence-electron chi connectivity index (χ0n) is 10.6. The SMILES string of the molecule is Cc1ccc(C2CC2C(=O)N2CCCC(O)C2)s1. The molecule has 3 rings (SSSR count). The molecule has 1 aliphatic heterocycles. The van der Waals surface area contributed by atoms with Crippen molar-refractivity contribution in [1.29, 1.82) is 0 Å². The van der Waals surface area contributed by atoms with E-state index < -0.39 is 0 Å². The van der Waals surface area contributed by atoms with E-state index in [1.807, 2.05) is 4.90 Å². The largest absolute Gasteiger partial charge is 0.391 e. The van der Waals surface area contributed by atoms with Gasteiger partial charge in [0.15, 0.2) is 0 Å². The molecule has 0 bridgehead atoms. The molecule has 0 radical (unpaired) electrons. The number of aliphatic hydroxyl groups is 1. The van der Waals surface area contributed by atoms with Crippen LogP contribution in [-0.4, -0.2) is 35.1 Å². The van der Waals surface area contributed by atoms with E-state index in [9.17, 15) is 9.90 Å². The van der Waals surface area contributed by atoms with Gasteiger partial charge in [0.1, 0.15) is 0 Å². The van der Waals surface area contributed by atoms with E-state index in [0.717, 1.165) is 25.8 Å². The van der Waals surface area contributed by atoms with Crippen LogP contribution in [0.15, 0.2) is 12.1 Å². The molecule has 1 aliphatic carbocycles. The van der Waals surface area contributed by atoms with Gasteiger partial charge in [-0.3, -0.25) is 4.79 Å². The van der Waals surface area contributed by atoms with E-state index in [4.69, 9.17) is 0 Å². The molecule has 3 unspecified atom stereocenters. The van der Waals surface area contributed by atoms with Gasteiger partial charge >= 0.3 is 0 Å². The van der Waals surface area contributed by atoms with Crippen LogP contribution in [0.4, 0.5) is 0 Å². The highest BCUT2D eigenvalue weighted by Crippen LogP contribution is 2.50. The Morgan fingerprint density at radius 2 is 2.33 bits per heavy atom. The molecule has 1 saturated carbocycles. The maximum atomic E-state index is 12.3. The molecule has 1 N–H and O–H groups in total. The fourth-order valence-corrected chi connectivity index (χ4v) is 3.88. The first-order valence-corrected chi connectivity index (χ1v) is 7.50. The van der Waals surface area contributed by atoms with E-state index in [1.54, 1.807) is 11.3 Å². The Kier molecular flexibility index (Phi) is 3.16. The number of amides is 1. The highest BCUT2D eigenvalue weighted by Gasteiger charge is 2.46.